The van der Waals surface area contributed by atoms with Crippen LogP contribution in [0.15, 0.2) is 12.4 Å². The minimum absolute atomic E-state index is 0.0334. The number of carbonyl (C=O) groups excluding carboxylic acids is 1. The average Bonchev–Trinajstić information content (AvgIpc) is 3.08. The van der Waals surface area contributed by atoms with Crippen LogP contribution in [0, 0.1) is 5.92 Å². The molecule has 94 valence electrons. The number of nitrogens with zero attached hydrogens (tertiary/aromatic N) is 2. The first kappa shape index (κ1) is 12.0. The fourth-order valence-electron chi connectivity index (χ4n) is 2.02. The molecule has 0 saturated heterocycles. The first-order chi connectivity index (χ1) is 8.22. The van der Waals surface area contributed by atoms with Gasteiger partial charge in [0, 0.05) is 19.3 Å². The molecule has 2 rings (SSSR count). The number of carbonyl (C=O) groups is 1. The minimum Gasteiger partial charge on any atom is -0.380 e. The molecule has 1 aliphatic carbocycles. The summed E-state index contributed by atoms with van der Waals surface area (Å²) in [5, 5.41) is 10.2. The fraction of sp³-hybridized carbons (Fsp3) is 0.667. The van der Waals surface area contributed by atoms with E-state index >= 15 is 0 Å². The number of likely N-dealkylation sites (N-methyl/N-ethyl adjacent to an activating group) is 1. The van der Waals surface area contributed by atoms with Crippen molar-refractivity contribution >= 4 is 11.6 Å². The maximum absolute atomic E-state index is 11.2. The number of anilines is 1. The van der Waals surface area contributed by atoms with Crippen molar-refractivity contribution in [1.82, 2.24) is 15.1 Å². The van der Waals surface area contributed by atoms with Gasteiger partial charge in [-0.2, -0.15) is 5.10 Å². The zero-order chi connectivity index (χ0) is 12.3. The summed E-state index contributed by atoms with van der Waals surface area (Å²) in [5.41, 5.74) is 1.01. The monoisotopic (exact) mass is 236 g/mol. The van der Waals surface area contributed by atoms with E-state index in [4.69, 9.17) is 0 Å². The molecule has 0 aromatic carbocycles. The molecular formula is C12H20N4O. The summed E-state index contributed by atoms with van der Waals surface area (Å²) in [6, 6.07) is 0.549. The van der Waals surface area contributed by atoms with Crippen molar-refractivity contribution in [2.45, 2.75) is 38.8 Å². The Labute approximate surface area is 102 Å². The first-order valence-electron chi connectivity index (χ1n) is 6.22. The van der Waals surface area contributed by atoms with E-state index in [1.54, 1.807) is 17.9 Å². The number of amides is 1. The molecule has 1 amide bonds. The van der Waals surface area contributed by atoms with Gasteiger partial charge in [0.05, 0.1) is 11.9 Å². The smallest absolute Gasteiger partial charge is 0.241 e. The van der Waals surface area contributed by atoms with E-state index in [1.165, 1.54) is 12.8 Å². The van der Waals surface area contributed by atoms with E-state index in [0.29, 0.717) is 6.04 Å². The third-order valence-electron chi connectivity index (χ3n) is 3.20. The van der Waals surface area contributed by atoms with Gasteiger partial charge in [0.2, 0.25) is 5.91 Å². The van der Waals surface area contributed by atoms with Crippen LogP contribution >= 0.6 is 0 Å². The van der Waals surface area contributed by atoms with Crippen molar-refractivity contribution < 1.29 is 4.79 Å². The van der Waals surface area contributed by atoms with E-state index in [2.05, 4.69) is 22.7 Å². The van der Waals surface area contributed by atoms with Crippen LogP contribution in [0.2, 0.25) is 0 Å². The molecule has 0 bridgehead atoms. The number of nitrogens with one attached hydrogen (secondary N) is 2. The molecule has 1 saturated carbocycles. The van der Waals surface area contributed by atoms with E-state index in [9.17, 15) is 4.79 Å². The molecule has 0 spiro atoms. The van der Waals surface area contributed by atoms with Crippen molar-refractivity contribution in [3.05, 3.63) is 12.4 Å². The summed E-state index contributed by atoms with van der Waals surface area (Å²) in [7, 11) is 1.63. The van der Waals surface area contributed by atoms with E-state index < -0.39 is 0 Å². The van der Waals surface area contributed by atoms with Gasteiger partial charge in [0.15, 0.2) is 0 Å². The average molecular weight is 236 g/mol. The maximum atomic E-state index is 11.2. The maximum Gasteiger partial charge on any atom is 0.241 e. The Morgan fingerprint density at radius 1 is 1.65 bits per heavy atom. The predicted molar refractivity (Wildman–Crippen MR) is 66.7 cm³/mol. The highest BCUT2D eigenvalue weighted by molar-refractivity contribution is 5.75. The molecule has 5 heteroatoms. The molecule has 5 nitrogen and oxygen atoms in total. The zero-order valence-electron chi connectivity index (χ0n) is 10.4. The number of rotatable bonds is 6. The first-order valence-corrected chi connectivity index (χ1v) is 6.22. The quantitative estimate of drug-likeness (QED) is 0.781. The largest absolute Gasteiger partial charge is 0.380 e. The summed E-state index contributed by atoms with van der Waals surface area (Å²) in [6.07, 6.45) is 7.47. The van der Waals surface area contributed by atoms with Gasteiger partial charge in [-0.25, -0.2) is 0 Å². The molecule has 0 aliphatic heterocycles. The van der Waals surface area contributed by atoms with Crippen LogP contribution in [0.5, 0.6) is 0 Å². The van der Waals surface area contributed by atoms with Gasteiger partial charge in [-0.3, -0.25) is 9.48 Å². The molecule has 0 radical (unpaired) electrons. The third-order valence-corrected chi connectivity index (χ3v) is 3.20. The molecule has 2 N–H and O–H groups in total. The van der Waals surface area contributed by atoms with Crippen LogP contribution in [0.4, 0.5) is 5.69 Å². The number of hydrogen-bond acceptors (Lipinski definition) is 3. The van der Waals surface area contributed by atoms with Crippen molar-refractivity contribution in [2.24, 2.45) is 5.92 Å². The Bertz CT molecular complexity index is 384. The Hall–Kier alpha value is -1.52. The highest BCUT2D eigenvalue weighted by atomic mass is 16.1. The summed E-state index contributed by atoms with van der Waals surface area (Å²) in [5.74, 6) is 0.788. The normalized spacial score (nSPS) is 16.6. The summed E-state index contributed by atoms with van der Waals surface area (Å²) >= 11 is 0. The van der Waals surface area contributed by atoms with Crippen molar-refractivity contribution in [1.29, 1.82) is 0 Å². The number of aromatic nitrogens is 2. The SMILES string of the molecule is CCC(Nc1cnn(CC(=O)NC)c1)C1CC1. The van der Waals surface area contributed by atoms with Crippen molar-refractivity contribution in [3.63, 3.8) is 0 Å². The van der Waals surface area contributed by atoms with E-state index in [-0.39, 0.29) is 12.5 Å². The van der Waals surface area contributed by atoms with Gasteiger partial charge in [0.25, 0.3) is 0 Å². The summed E-state index contributed by atoms with van der Waals surface area (Å²) in [6.45, 7) is 2.48. The van der Waals surface area contributed by atoms with E-state index in [0.717, 1.165) is 18.0 Å². The van der Waals surface area contributed by atoms with Gasteiger partial charge in [-0.15, -0.1) is 0 Å². The van der Waals surface area contributed by atoms with Crippen LogP contribution in [0.1, 0.15) is 26.2 Å². The lowest BCUT2D eigenvalue weighted by Gasteiger charge is -2.15. The zero-order valence-corrected chi connectivity index (χ0v) is 10.4. The highest BCUT2D eigenvalue weighted by Crippen LogP contribution is 2.35. The Kier molecular flexibility index (Phi) is 3.66. The molecule has 17 heavy (non-hydrogen) atoms. The second kappa shape index (κ2) is 5.21. The summed E-state index contributed by atoms with van der Waals surface area (Å²) in [4.78, 5) is 11.2. The van der Waals surface area contributed by atoms with E-state index in [1.807, 2.05) is 6.20 Å². The minimum atomic E-state index is -0.0334. The van der Waals surface area contributed by atoms with Gasteiger partial charge < -0.3 is 10.6 Å². The van der Waals surface area contributed by atoms with Crippen LogP contribution in [0.3, 0.4) is 0 Å². The molecule has 1 atom stereocenters. The number of hydrogen-bond donors (Lipinski definition) is 2. The Morgan fingerprint density at radius 2 is 2.41 bits per heavy atom. The second-order valence-electron chi connectivity index (χ2n) is 4.60. The molecule has 1 aliphatic rings. The lowest BCUT2D eigenvalue weighted by Crippen LogP contribution is -2.23. The third kappa shape index (κ3) is 3.22. The van der Waals surface area contributed by atoms with Gasteiger partial charge >= 0.3 is 0 Å². The molecule has 1 aromatic heterocycles. The molecule has 1 heterocycles. The molecule has 1 fully saturated rings. The molecular weight excluding hydrogens is 216 g/mol. The van der Waals surface area contributed by atoms with Crippen LogP contribution < -0.4 is 10.6 Å². The van der Waals surface area contributed by atoms with Crippen LogP contribution in [0.25, 0.3) is 0 Å². The van der Waals surface area contributed by atoms with Gasteiger partial charge in [0.1, 0.15) is 6.54 Å². The lowest BCUT2D eigenvalue weighted by atomic mass is 10.1. The van der Waals surface area contributed by atoms with Crippen LogP contribution in [-0.4, -0.2) is 28.8 Å². The lowest BCUT2D eigenvalue weighted by molar-refractivity contribution is -0.121. The van der Waals surface area contributed by atoms with Crippen molar-refractivity contribution in [2.75, 3.05) is 12.4 Å². The second-order valence-corrected chi connectivity index (χ2v) is 4.60. The summed E-state index contributed by atoms with van der Waals surface area (Å²) < 4.78 is 1.65. The molecule has 1 unspecified atom stereocenters. The van der Waals surface area contributed by atoms with Gasteiger partial charge in [-0.1, -0.05) is 6.92 Å². The highest BCUT2D eigenvalue weighted by Gasteiger charge is 2.29. The Morgan fingerprint density at radius 3 is 3.00 bits per heavy atom. The standard InChI is InChI=1S/C12H20N4O/c1-3-11(9-4-5-9)15-10-6-14-16(7-10)8-12(17)13-2/h6-7,9,11,15H,3-5,8H2,1-2H3,(H,13,17). The van der Waals surface area contributed by atoms with Crippen LogP contribution in [-0.2, 0) is 11.3 Å². The predicted octanol–water partition coefficient (Wildman–Crippen LogP) is 1.23. The Balaban J connectivity index is 1.90. The molecule has 1 aromatic rings. The fourth-order valence-corrected chi connectivity index (χ4v) is 2.02. The van der Waals surface area contributed by atoms with Gasteiger partial charge in [-0.05, 0) is 25.2 Å². The topological polar surface area (TPSA) is 59.0 Å². The van der Waals surface area contributed by atoms with Crippen molar-refractivity contribution in [3.8, 4) is 0 Å².